The molecule has 4 heteroatoms. The maximum atomic E-state index is 12.4. The monoisotopic (exact) mass is 314 g/mol. The number of halogens is 1. The molecule has 2 aromatic rings. The Morgan fingerprint density at radius 2 is 1.50 bits per heavy atom. The van der Waals surface area contributed by atoms with Gasteiger partial charge < -0.3 is 0 Å². The van der Waals surface area contributed by atoms with E-state index in [1.165, 1.54) is 6.92 Å². The molecule has 0 heterocycles. The van der Waals surface area contributed by atoms with Crippen molar-refractivity contribution in [1.29, 1.82) is 0 Å². The Morgan fingerprint density at radius 3 is 2.05 bits per heavy atom. The Labute approximate surface area is 133 Å². The van der Waals surface area contributed by atoms with Crippen molar-refractivity contribution in [2.45, 2.75) is 13.3 Å². The van der Waals surface area contributed by atoms with Gasteiger partial charge in [0, 0.05) is 22.6 Å². The number of ketones is 3. The molecule has 0 spiro atoms. The zero-order valence-electron chi connectivity index (χ0n) is 12.1. The summed E-state index contributed by atoms with van der Waals surface area (Å²) in [4.78, 5) is 36.5. The first-order chi connectivity index (χ1) is 10.5. The third-order valence-electron chi connectivity index (χ3n) is 3.42. The molecule has 2 aromatic carbocycles. The van der Waals surface area contributed by atoms with Crippen molar-refractivity contribution in [3.8, 4) is 0 Å². The van der Waals surface area contributed by atoms with E-state index in [2.05, 4.69) is 0 Å². The second kappa shape index (κ2) is 7.14. The van der Waals surface area contributed by atoms with Crippen molar-refractivity contribution in [3.05, 3.63) is 70.7 Å². The minimum Gasteiger partial charge on any atom is -0.299 e. The van der Waals surface area contributed by atoms with Crippen LogP contribution in [0.2, 0.25) is 5.02 Å². The number of benzene rings is 2. The van der Waals surface area contributed by atoms with Gasteiger partial charge in [0.25, 0.3) is 0 Å². The summed E-state index contributed by atoms with van der Waals surface area (Å²) in [5.41, 5.74) is 0.878. The zero-order chi connectivity index (χ0) is 16.1. The standard InChI is InChI=1S/C18H15ClO3/c1-12(20)16(11-17(21)13-5-3-2-4-6-13)18(22)14-7-9-15(19)10-8-14/h2-10,16H,11H2,1H3. The number of carbonyl (C=O) groups excluding carboxylic acids is 3. The van der Waals surface area contributed by atoms with E-state index in [-0.39, 0.29) is 23.8 Å². The molecule has 0 aliphatic carbocycles. The highest BCUT2D eigenvalue weighted by Gasteiger charge is 2.27. The van der Waals surface area contributed by atoms with Crippen molar-refractivity contribution >= 4 is 29.0 Å². The molecule has 3 nitrogen and oxygen atoms in total. The van der Waals surface area contributed by atoms with E-state index in [0.717, 1.165) is 0 Å². The van der Waals surface area contributed by atoms with Gasteiger partial charge in [-0.05, 0) is 31.2 Å². The van der Waals surface area contributed by atoms with Gasteiger partial charge in [0.1, 0.15) is 5.78 Å². The average molecular weight is 315 g/mol. The molecule has 22 heavy (non-hydrogen) atoms. The van der Waals surface area contributed by atoms with Crippen molar-refractivity contribution in [3.63, 3.8) is 0 Å². The second-order valence-corrected chi connectivity index (χ2v) is 5.46. The molecule has 1 atom stereocenters. The van der Waals surface area contributed by atoms with Gasteiger partial charge >= 0.3 is 0 Å². The highest BCUT2D eigenvalue weighted by Crippen LogP contribution is 2.19. The maximum absolute atomic E-state index is 12.4. The molecule has 0 aliphatic heterocycles. The lowest BCUT2D eigenvalue weighted by molar-refractivity contribution is -0.119. The molecule has 0 aliphatic rings. The Balaban J connectivity index is 2.20. The normalized spacial score (nSPS) is 11.7. The first kappa shape index (κ1) is 16.1. The van der Waals surface area contributed by atoms with Crippen molar-refractivity contribution < 1.29 is 14.4 Å². The number of carbonyl (C=O) groups is 3. The number of hydrogen-bond acceptors (Lipinski definition) is 3. The minimum absolute atomic E-state index is 0.124. The van der Waals surface area contributed by atoms with Crippen molar-refractivity contribution in [1.82, 2.24) is 0 Å². The summed E-state index contributed by atoms with van der Waals surface area (Å²) in [7, 11) is 0. The summed E-state index contributed by atoms with van der Waals surface area (Å²) in [6.45, 7) is 1.33. The number of rotatable bonds is 6. The second-order valence-electron chi connectivity index (χ2n) is 5.03. The third-order valence-corrected chi connectivity index (χ3v) is 3.67. The van der Waals surface area contributed by atoms with E-state index in [1.54, 1.807) is 54.6 Å². The van der Waals surface area contributed by atoms with E-state index in [9.17, 15) is 14.4 Å². The summed E-state index contributed by atoms with van der Waals surface area (Å²) in [6.07, 6.45) is -0.124. The third kappa shape index (κ3) is 3.89. The highest BCUT2D eigenvalue weighted by atomic mass is 35.5. The minimum atomic E-state index is -0.964. The highest BCUT2D eigenvalue weighted by molar-refractivity contribution is 6.30. The molecule has 0 radical (unpaired) electrons. The van der Waals surface area contributed by atoms with E-state index in [1.807, 2.05) is 0 Å². The maximum Gasteiger partial charge on any atom is 0.173 e. The lowest BCUT2D eigenvalue weighted by atomic mass is 9.88. The summed E-state index contributed by atoms with van der Waals surface area (Å²) < 4.78 is 0. The molecule has 0 fully saturated rings. The van der Waals surface area contributed by atoms with E-state index >= 15 is 0 Å². The molecule has 112 valence electrons. The van der Waals surface area contributed by atoms with Crippen LogP contribution in [0.5, 0.6) is 0 Å². The topological polar surface area (TPSA) is 51.2 Å². The Hall–Kier alpha value is -2.26. The van der Waals surface area contributed by atoms with Gasteiger partial charge in [-0.2, -0.15) is 0 Å². The molecule has 1 unspecified atom stereocenters. The molecule has 0 saturated carbocycles. The largest absolute Gasteiger partial charge is 0.299 e. The summed E-state index contributed by atoms with van der Waals surface area (Å²) in [6, 6.07) is 14.9. The van der Waals surface area contributed by atoms with Gasteiger partial charge in [0.15, 0.2) is 11.6 Å². The Morgan fingerprint density at radius 1 is 0.909 bits per heavy atom. The average Bonchev–Trinajstić information content (AvgIpc) is 2.53. The lowest BCUT2D eigenvalue weighted by Gasteiger charge is -2.12. The first-order valence-electron chi connectivity index (χ1n) is 6.87. The molecule has 0 N–H and O–H groups in total. The SMILES string of the molecule is CC(=O)C(CC(=O)c1ccccc1)C(=O)c1ccc(Cl)cc1. The summed E-state index contributed by atoms with van der Waals surface area (Å²) in [5, 5.41) is 0.510. The van der Waals surface area contributed by atoms with E-state index in [0.29, 0.717) is 16.1 Å². The van der Waals surface area contributed by atoms with Crippen LogP contribution in [0, 0.1) is 5.92 Å². The van der Waals surface area contributed by atoms with Crippen LogP contribution in [0.1, 0.15) is 34.1 Å². The fraction of sp³-hybridized carbons (Fsp3) is 0.167. The zero-order valence-corrected chi connectivity index (χ0v) is 12.8. The summed E-state index contributed by atoms with van der Waals surface area (Å²) >= 11 is 5.79. The van der Waals surface area contributed by atoms with Crippen LogP contribution < -0.4 is 0 Å². The first-order valence-corrected chi connectivity index (χ1v) is 7.25. The smallest absolute Gasteiger partial charge is 0.173 e. The lowest BCUT2D eigenvalue weighted by Crippen LogP contribution is -2.25. The number of Topliss-reactive ketones (excluding diaryl/α,β-unsaturated/α-hetero) is 3. The van der Waals surface area contributed by atoms with Crippen LogP contribution in [0.4, 0.5) is 0 Å². The van der Waals surface area contributed by atoms with E-state index in [4.69, 9.17) is 11.6 Å². The fourth-order valence-corrected chi connectivity index (χ4v) is 2.29. The van der Waals surface area contributed by atoms with Crippen molar-refractivity contribution in [2.75, 3.05) is 0 Å². The van der Waals surface area contributed by atoms with Crippen LogP contribution in [0.3, 0.4) is 0 Å². The predicted molar refractivity (Wildman–Crippen MR) is 85.3 cm³/mol. The number of hydrogen-bond donors (Lipinski definition) is 0. The molecule has 0 bridgehead atoms. The fourth-order valence-electron chi connectivity index (χ4n) is 2.16. The molecule has 0 saturated heterocycles. The molecular formula is C18H15ClO3. The Bertz CT molecular complexity index is 690. The van der Waals surface area contributed by atoms with Crippen LogP contribution in [0.25, 0.3) is 0 Å². The molecular weight excluding hydrogens is 300 g/mol. The van der Waals surface area contributed by atoms with Gasteiger partial charge in [-0.3, -0.25) is 14.4 Å². The van der Waals surface area contributed by atoms with Crippen LogP contribution in [-0.4, -0.2) is 17.3 Å². The molecule has 0 amide bonds. The molecule has 2 rings (SSSR count). The van der Waals surface area contributed by atoms with Gasteiger partial charge in [-0.1, -0.05) is 41.9 Å². The predicted octanol–water partition coefficient (Wildman–Crippen LogP) is 4.00. The quantitative estimate of drug-likeness (QED) is 0.598. The molecule has 0 aromatic heterocycles. The van der Waals surface area contributed by atoms with Crippen molar-refractivity contribution in [2.24, 2.45) is 5.92 Å². The van der Waals surface area contributed by atoms with Crippen LogP contribution >= 0.6 is 11.6 Å². The van der Waals surface area contributed by atoms with Gasteiger partial charge in [0.05, 0.1) is 5.92 Å². The summed E-state index contributed by atoms with van der Waals surface area (Å²) in [5.74, 6) is -1.85. The van der Waals surface area contributed by atoms with Gasteiger partial charge in [-0.25, -0.2) is 0 Å². The Kier molecular flexibility index (Phi) is 5.23. The van der Waals surface area contributed by atoms with Gasteiger partial charge in [-0.15, -0.1) is 0 Å². The van der Waals surface area contributed by atoms with Crippen LogP contribution in [0.15, 0.2) is 54.6 Å². The van der Waals surface area contributed by atoms with Crippen LogP contribution in [-0.2, 0) is 4.79 Å². The van der Waals surface area contributed by atoms with E-state index < -0.39 is 5.92 Å². The van der Waals surface area contributed by atoms with Gasteiger partial charge in [0.2, 0.25) is 0 Å².